The Morgan fingerprint density at radius 3 is 2.24 bits per heavy atom. The molecular weight excluding hydrogens is 408 g/mol. The topological polar surface area (TPSA) is 51.0 Å². The summed E-state index contributed by atoms with van der Waals surface area (Å²) in [5, 5.41) is 0. The SMILES string of the molecule is Cc1nc2cnccc2n1CC1CCN(C(=O)CC(c2ccccc2)c2ccccc2)CC1. The zero-order valence-corrected chi connectivity index (χ0v) is 19.1. The van der Waals surface area contributed by atoms with Gasteiger partial charge in [-0.2, -0.15) is 0 Å². The molecular formula is C28H30N4O. The van der Waals surface area contributed by atoms with E-state index >= 15 is 0 Å². The second-order valence-corrected chi connectivity index (χ2v) is 9.04. The number of nitrogens with zero attached hydrogens (tertiary/aromatic N) is 4. The number of imidazole rings is 1. The molecule has 2 aromatic heterocycles. The van der Waals surface area contributed by atoms with E-state index in [0.717, 1.165) is 49.3 Å². The van der Waals surface area contributed by atoms with Crippen molar-refractivity contribution in [3.63, 3.8) is 0 Å². The number of carbonyl (C=O) groups is 1. The predicted molar refractivity (Wildman–Crippen MR) is 131 cm³/mol. The van der Waals surface area contributed by atoms with E-state index in [1.54, 1.807) is 0 Å². The van der Waals surface area contributed by atoms with Crippen LogP contribution in [0.5, 0.6) is 0 Å². The molecule has 5 nitrogen and oxygen atoms in total. The molecule has 1 aliphatic rings. The molecule has 1 saturated heterocycles. The molecule has 0 unspecified atom stereocenters. The molecule has 2 aromatic carbocycles. The average Bonchev–Trinajstić information content (AvgIpc) is 3.18. The van der Waals surface area contributed by atoms with Gasteiger partial charge in [0.1, 0.15) is 11.3 Å². The first kappa shape index (κ1) is 21.4. The lowest BCUT2D eigenvalue weighted by molar-refractivity contribution is -0.132. The Hall–Kier alpha value is -3.47. The van der Waals surface area contributed by atoms with Crippen LogP contribution in [-0.4, -0.2) is 38.4 Å². The number of hydrogen-bond acceptors (Lipinski definition) is 3. The summed E-state index contributed by atoms with van der Waals surface area (Å²) in [4.78, 5) is 24.2. The molecule has 0 atom stereocenters. The maximum absolute atomic E-state index is 13.3. The zero-order valence-electron chi connectivity index (χ0n) is 19.1. The first-order valence-electron chi connectivity index (χ1n) is 11.8. The molecule has 1 aliphatic heterocycles. The van der Waals surface area contributed by atoms with Crippen molar-refractivity contribution in [1.29, 1.82) is 0 Å². The largest absolute Gasteiger partial charge is 0.343 e. The van der Waals surface area contributed by atoms with Crippen LogP contribution in [0.15, 0.2) is 79.1 Å². The fraction of sp³-hybridized carbons (Fsp3) is 0.321. The van der Waals surface area contributed by atoms with Crippen LogP contribution in [-0.2, 0) is 11.3 Å². The van der Waals surface area contributed by atoms with Gasteiger partial charge < -0.3 is 9.47 Å². The molecule has 0 spiro atoms. The number of carbonyl (C=O) groups excluding carboxylic acids is 1. The molecule has 1 amide bonds. The van der Waals surface area contributed by atoms with Gasteiger partial charge in [-0.1, -0.05) is 60.7 Å². The number of benzene rings is 2. The molecule has 168 valence electrons. The maximum Gasteiger partial charge on any atom is 0.223 e. The van der Waals surface area contributed by atoms with Crippen molar-refractivity contribution in [3.05, 3.63) is 96.1 Å². The molecule has 5 rings (SSSR count). The Morgan fingerprint density at radius 2 is 1.61 bits per heavy atom. The highest BCUT2D eigenvalue weighted by Crippen LogP contribution is 2.30. The molecule has 0 aliphatic carbocycles. The van der Waals surface area contributed by atoms with Crippen LogP contribution in [0.4, 0.5) is 0 Å². The number of rotatable bonds is 6. The van der Waals surface area contributed by atoms with Gasteiger partial charge in [-0.25, -0.2) is 4.98 Å². The lowest BCUT2D eigenvalue weighted by Crippen LogP contribution is -2.40. The van der Waals surface area contributed by atoms with Crippen molar-refractivity contribution >= 4 is 16.9 Å². The van der Waals surface area contributed by atoms with E-state index in [0.29, 0.717) is 12.3 Å². The van der Waals surface area contributed by atoms with Gasteiger partial charge in [0.05, 0.1) is 11.7 Å². The number of hydrogen-bond donors (Lipinski definition) is 0. The third kappa shape index (κ3) is 4.68. The number of aryl methyl sites for hydroxylation is 1. The van der Waals surface area contributed by atoms with Gasteiger partial charge in [0.15, 0.2) is 0 Å². The summed E-state index contributed by atoms with van der Waals surface area (Å²) in [5.41, 5.74) is 4.50. The van der Waals surface area contributed by atoms with E-state index in [1.165, 1.54) is 11.1 Å². The molecule has 0 N–H and O–H groups in total. The zero-order chi connectivity index (χ0) is 22.6. The first-order valence-corrected chi connectivity index (χ1v) is 11.8. The van der Waals surface area contributed by atoms with Gasteiger partial charge in [-0.15, -0.1) is 0 Å². The minimum absolute atomic E-state index is 0.0891. The fourth-order valence-electron chi connectivity index (χ4n) is 5.06. The Morgan fingerprint density at radius 1 is 0.970 bits per heavy atom. The highest BCUT2D eigenvalue weighted by atomic mass is 16.2. The number of likely N-dealkylation sites (tertiary alicyclic amines) is 1. The van der Waals surface area contributed by atoms with Crippen LogP contribution in [0.25, 0.3) is 11.0 Å². The van der Waals surface area contributed by atoms with Crippen molar-refractivity contribution in [3.8, 4) is 0 Å². The normalized spacial score (nSPS) is 14.8. The van der Waals surface area contributed by atoms with Gasteiger partial charge in [0.2, 0.25) is 5.91 Å². The van der Waals surface area contributed by atoms with Crippen LogP contribution in [0.3, 0.4) is 0 Å². The summed E-state index contributed by atoms with van der Waals surface area (Å²) in [5.74, 6) is 1.93. The van der Waals surface area contributed by atoms with Crippen molar-refractivity contribution in [2.45, 2.75) is 38.6 Å². The predicted octanol–water partition coefficient (Wildman–Crippen LogP) is 5.20. The van der Waals surface area contributed by atoms with Crippen LogP contribution < -0.4 is 0 Å². The molecule has 33 heavy (non-hydrogen) atoms. The summed E-state index contributed by atoms with van der Waals surface area (Å²) in [6.45, 7) is 4.66. The van der Waals surface area contributed by atoms with Gasteiger partial charge in [-0.3, -0.25) is 9.78 Å². The monoisotopic (exact) mass is 438 g/mol. The minimum atomic E-state index is 0.0891. The van der Waals surface area contributed by atoms with Gasteiger partial charge in [-0.05, 0) is 42.9 Å². The van der Waals surface area contributed by atoms with E-state index < -0.39 is 0 Å². The maximum atomic E-state index is 13.3. The number of piperidine rings is 1. The highest BCUT2D eigenvalue weighted by molar-refractivity contribution is 5.78. The molecule has 0 saturated carbocycles. The molecule has 5 heteroatoms. The quantitative estimate of drug-likeness (QED) is 0.416. The van der Waals surface area contributed by atoms with Gasteiger partial charge in [0.25, 0.3) is 0 Å². The second kappa shape index (κ2) is 9.57. The molecule has 4 aromatic rings. The van der Waals surface area contributed by atoms with Gasteiger partial charge >= 0.3 is 0 Å². The van der Waals surface area contributed by atoms with Gasteiger partial charge in [0, 0.05) is 38.2 Å². The van der Waals surface area contributed by atoms with Crippen molar-refractivity contribution in [1.82, 2.24) is 19.4 Å². The Bertz CT molecular complexity index is 1170. The van der Waals surface area contributed by atoms with E-state index in [2.05, 4.69) is 74.9 Å². The van der Waals surface area contributed by atoms with Crippen LogP contribution in [0.2, 0.25) is 0 Å². The lowest BCUT2D eigenvalue weighted by Gasteiger charge is -2.33. The van der Waals surface area contributed by atoms with E-state index in [1.807, 2.05) is 30.6 Å². The fourth-order valence-corrected chi connectivity index (χ4v) is 5.06. The molecule has 1 fully saturated rings. The van der Waals surface area contributed by atoms with E-state index in [9.17, 15) is 4.79 Å². The number of aromatic nitrogens is 3. The van der Waals surface area contributed by atoms with E-state index in [-0.39, 0.29) is 11.8 Å². The summed E-state index contributed by atoms with van der Waals surface area (Å²) >= 11 is 0. The molecule has 0 bridgehead atoms. The summed E-state index contributed by atoms with van der Waals surface area (Å²) < 4.78 is 2.31. The Balaban J connectivity index is 1.24. The number of fused-ring (bicyclic) bond motifs is 1. The van der Waals surface area contributed by atoms with Crippen molar-refractivity contribution in [2.75, 3.05) is 13.1 Å². The third-order valence-corrected chi connectivity index (χ3v) is 6.93. The van der Waals surface area contributed by atoms with Crippen molar-refractivity contribution in [2.24, 2.45) is 5.92 Å². The van der Waals surface area contributed by atoms with Crippen molar-refractivity contribution < 1.29 is 4.79 Å². The van der Waals surface area contributed by atoms with E-state index in [4.69, 9.17) is 0 Å². The number of amides is 1. The highest BCUT2D eigenvalue weighted by Gasteiger charge is 2.27. The standard InChI is InChI=1S/C28H30N4O/c1-21-30-26-19-29-15-12-27(26)32(21)20-22-13-16-31(17-14-22)28(33)18-25(23-8-4-2-5-9-23)24-10-6-3-7-11-24/h2-12,15,19,22,25H,13-14,16-18,20H2,1H3. The third-order valence-electron chi connectivity index (χ3n) is 6.93. The average molecular weight is 439 g/mol. The van der Waals surface area contributed by atoms with Crippen LogP contribution in [0, 0.1) is 12.8 Å². The van der Waals surface area contributed by atoms with Crippen LogP contribution in [0.1, 0.15) is 42.1 Å². The Kier molecular flexibility index (Phi) is 6.20. The lowest BCUT2D eigenvalue weighted by atomic mass is 9.87. The smallest absolute Gasteiger partial charge is 0.223 e. The summed E-state index contributed by atoms with van der Waals surface area (Å²) in [6, 6.07) is 22.8. The minimum Gasteiger partial charge on any atom is -0.343 e. The number of pyridine rings is 1. The summed E-state index contributed by atoms with van der Waals surface area (Å²) in [7, 11) is 0. The Labute approximate surface area is 195 Å². The second-order valence-electron chi connectivity index (χ2n) is 9.04. The van der Waals surface area contributed by atoms with Crippen LogP contribution >= 0.6 is 0 Å². The summed E-state index contributed by atoms with van der Waals surface area (Å²) in [6.07, 6.45) is 6.22. The molecule has 3 heterocycles. The molecule has 0 radical (unpaired) electrons. The first-order chi connectivity index (χ1) is 16.2.